The molecule has 27 heavy (non-hydrogen) atoms. The van der Waals surface area contributed by atoms with Gasteiger partial charge in [-0.15, -0.1) is 0 Å². The quantitative estimate of drug-likeness (QED) is 0.834. The van der Waals surface area contributed by atoms with Crippen molar-refractivity contribution in [2.45, 2.75) is 32.0 Å². The molecule has 5 rings (SSSR count). The molecule has 4 heteroatoms. The van der Waals surface area contributed by atoms with Gasteiger partial charge < -0.3 is 5.32 Å². The van der Waals surface area contributed by atoms with E-state index in [1.165, 1.54) is 10.5 Å². The molecule has 1 N–H and O–H groups in total. The second kappa shape index (κ2) is 6.61. The maximum Gasteiger partial charge on any atom is 0.233 e. The number of hydrogen-bond donors (Lipinski definition) is 1. The largest absolute Gasteiger partial charge is 0.309 e. The van der Waals surface area contributed by atoms with Crippen LogP contribution in [0, 0.1) is 23.7 Å². The number of rotatable bonds is 5. The lowest BCUT2D eigenvalue weighted by Gasteiger charge is -2.23. The Bertz CT molecular complexity index is 821. The summed E-state index contributed by atoms with van der Waals surface area (Å²) in [5.41, 5.74) is 2.27. The molecule has 1 saturated heterocycles. The molecule has 0 spiro atoms. The van der Waals surface area contributed by atoms with E-state index in [0.29, 0.717) is 18.4 Å². The summed E-state index contributed by atoms with van der Waals surface area (Å²) in [5.74, 6) is 0.448. The van der Waals surface area contributed by atoms with E-state index in [4.69, 9.17) is 0 Å². The molecule has 4 nitrogen and oxygen atoms in total. The van der Waals surface area contributed by atoms with Crippen LogP contribution in [-0.2, 0) is 22.7 Å². The topological polar surface area (TPSA) is 49.4 Å². The average Bonchev–Trinajstić information content (AvgIpc) is 3.33. The lowest BCUT2D eigenvalue weighted by molar-refractivity contribution is -0.141. The highest BCUT2D eigenvalue weighted by Gasteiger charge is 2.64. The minimum Gasteiger partial charge on any atom is -0.309 e. The highest BCUT2D eigenvalue weighted by atomic mass is 16.2. The normalized spacial score (nSPS) is 31.6. The van der Waals surface area contributed by atoms with E-state index in [1.807, 2.05) is 48.5 Å². The van der Waals surface area contributed by atoms with Crippen LogP contribution < -0.4 is 5.32 Å². The zero-order valence-electron chi connectivity index (χ0n) is 15.3. The molecule has 2 bridgehead atoms. The van der Waals surface area contributed by atoms with Crippen LogP contribution in [0.2, 0.25) is 0 Å². The van der Waals surface area contributed by atoms with Gasteiger partial charge in [0.05, 0.1) is 18.4 Å². The Morgan fingerprint density at radius 3 is 1.85 bits per heavy atom. The average molecular weight is 360 g/mol. The molecule has 1 unspecified atom stereocenters. The van der Waals surface area contributed by atoms with Gasteiger partial charge in [0.1, 0.15) is 0 Å². The number of amides is 2. The molecule has 1 aliphatic heterocycles. The van der Waals surface area contributed by atoms with Gasteiger partial charge >= 0.3 is 0 Å². The first-order valence-corrected chi connectivity index (χ1v) is 9.90. The summed E-state index contributed by atoms with van der Waals surface area (Å²) in [6, 6.07) is 20.4. The fourth-order valence-electron chi connectivity index (χ4n) is 5.60. The molecule has 138 valence electrons. The Labute approximate surface area is 159 Å². The van der Waals surface area contributed by atoms with E-state index < -0.39 is 0 Å². The van der Waals surface area contributed by atoms with Crippen LogP contribution in [0.5, 0.6) is 0 Å². The second-order valence-corrected chi connectivity index (χ2v) is 8.10. The first-order chi connectivity index (χ1) is 13.2. The molecule has 2 aliphatic carbocycles. The van der Waals surface area contributed by atoms with Crippen molar-refractivity contribution in [2.24, 2.45) is 23.7 Å². The zero-order chi connectivity index (χ0) is 18.4. The molecule has 2 saturated carbocycles. The first kappa shape index (κ1) is 16.7. The van der Waals surface area contributed by atoms with Crippen molar-refractivity contribution in [2.75, 3.05) is 0 Å². The first-order valence-electron chi connectivity index (χ1n) is 9.90. The van der Waals surface area contributed by atoms with Gasteiger partial charge in [-0.3, -0.25) is 14.5 Å². The molecule has 3 aliphatic rings. The van der Waals surface area contributed by atoms with Gasteiger partial charge in [0.15, 0.2) is 0 Å². The molecule has 5 atom stereocenters. The summed E-state index contributed by atoms with van der Waals surface area (Å²) in [5, 5.41) is 3.67. The fraction of sp³-hybridized carbons (Fsp3) is 0.391. The Morgan fingerprint density at radius 1 is 0.778 bits per heavy atom. The highest BCUT2D eigenvalue weighted by molar-refractivity contribution is 6.06. The highest BCUT2D eigenvalue weighted by Crippen LogP contribution is 2.56. The minimum atomic E-state index is -0.117. The summed E-state index contributed by atoms with van der Waals surface area (Å²) in [6.45, 7) is 1.21. The van der Waals surface area contributed by atoms with E-state index in [-0.39, 0.29) is 29.7 Å². The molecule has 2 amide bonds. The minimum absolute atomic E-state index is 0.0487. The van der Waals surface area contributed by atoms with Gasteiger partial charge in [-0.2, -0.15) is 0 Å². The Kier molecular flexibility index (Phi) is 4.09. The van der Waals surface area contributed by atoms with Gasteiger partial charge in [0.25, 0.3) is 0 Å². The van der Waals surface area contributed by atoms with Gasteiger partial charge in [0, 0.05) is 12.6 Å². The van der Waals surface area contributed by atoms with Gasteiger partial charge in [-0.1, -0.05) is 60.7 Å². The van der Waals surface area contributed by atoms with Crippen LogP contribution >= 0.6 is 0 Å². The summed E-state index contributed by atoms with van der Waals surface area (Å²) in [4.78, 5) is 27.7. The number of nitrogens with zero attached hydrogens (tertiary/aromatic N) is 1. The summed E-state index contributed by atoms with van der Waals surface area (Å²) >= 11 is 0. The summed E-state index contributed by atoms with van der Waals surface area (Å²) in [6.07, 6.45) is 2.10. The molecule has 2 aromatic rings. The Balaban J connectivity index is 1.32. The predicted octanol–water partition coefficient (Wildman–Crippen LogP) is 2.99. The van der Waals surface area contributed by atoms with Crippen molar-refractivity contribution < 1.29 is 9.59 Å². The second-order valence-electron chi connectivity index (χ2n) is 8.10. The molecular formula is C23H24N2O2. The maximum absolute atomic E-state index is 13.1. The number of likely N-dealkylation sites (tertiary alicyclic amines) is 1. The van der Waals surface area contributed by atoms with Crippen molar-refractivity contribution in [3.8, 4) is 0 Å². The zero-order valence-corrected chi connectivity index (χ0v) is 15.3. The van der Waals surface area contributed by atoms with Crippen molar-refractivity contribution in [1.82, 2.24) is 10.2 Å². The van der Waals surface area contributed by atoms with Crippen LogP contribution in [0.3, 0.4) is 0 Å². The lowest BCUT2D eigenvalue weighted by atomic mass is 9.81. The number of carbonyl (C=O) groups is 2. The molecule has 2 aromatic carbocycles. The molecular weight excluding hydrogens is 336 g/mol. The van der Waals surface area contributed by atoms with Gasteiger partial charge in [-0.05, 0) is 35.8 Å². The monoisotopic (exact) mass is 360 g/mol. The molecule has 3 fully saturated rings. The Morgan fingerprint density at radius 2 is 1.30 bits per heavy atom. The van der Waals surface area contributed by atoms with E-state index in [2.05, 4.69) is 17.4 Å². The molecule has 1 heterocycles. The van der Waals surface area contributed by atoms with Crippen molar-refractivity contribution >= 4 is 11.8 Å². The standard InChI is InChI=1S/C23H24N2O2/c26-22-19-17-11-12-18(21(17)24-13-15-7-3-1-4-8-15)20(19)23(27)25(22)14-16-9-5-2-6-10-16/h1-10,17-21,24H,11-14H2/t17-,18+,19-,20+,21?. The third kappa shape index (κ3) is 2.71. The maximum atomic E-state index is 13.1. The summed E-state index contributed by atoms with van der Waals surface area (Å²) < 4.78 is 0. The summed E-state index contributed by atoms with van der Waals surface area (Å²) in [7, 11) is 0. The van der Waals surface area contributed by atoms with Crippen molar-refractivity contribution in [3.63, 3.8) is 0 Å². The van der Waals surface area contributed by atoms with Crippen LogP contribution in [0.4, 0.5) is 0 Å². The van der Waals surface area contributed by atoms with Gasteiger partial charge in [0.2, 0.25) is 11.8 Å². The predicted molar refractivity (Wildman–Crippen MR) is 102 cm³/mol. The van der Waals surface area contributed by atoms with E-state index in [9.17, 15) is 9.59 Å². The van der Waals surface area contributed by atoms with E-state index in [1.54, 1.807) is 0 Å². The van der Waals surface area contributed by atoms with Crippen LogP contribution in [0.15, 0.2) is 60.7 Å². The van der Waals surface area contributed by atoms with Crippen LogP contribution in [0.1, 0.15) is 24.0 Å². The number of carbonyl (C=O) groups excluding carboxylic acids is 2. The lowest BCUT2D eigenvalue weighted by Crippen LogP contribution is -2.39. The van der Waals surface area contributed by atoms with Crippen molar-refractivity contribution in [1.29, 1.82) is 0 Å². The van der Waals surface area contributed by atoms with Crippen molar-refractivity contribution in [3.05, 3.63) is 71.8 Å². The number of hydrogen-bond acceptors (Lipinski definition) is 3. The SMILES string of the molecule is O=C1[C@@H]2[C@H](C(=O)N1Cc1ccccc1)[C@H]1CC[C@@H]2C1NCc1ccccc1. The fourth-order valence-corrected chi connectivity index (χ4v) is 5.60. The van der Waals surface area contributed by atoms with Crippen LogP contribution in [-0.4, -0.2) is 22.8 Å². The van der Waals surface area contributed by atoms with E-state index >= 15 is 0 Å². The van der Waals surface area contributed by atoms with Crippen LogP contribution in [0.25, 0.3) is 0 Å². The third-order valence-corrected chi connectivity index (χ3v) is 6.74. The number of nitrogens with one attached hydrogen (secondary N) is 1. The van der Waals surface area contributed by atoms with E-state index in [0.717, 1.165) is 24.9 Å². The number of fused-ring (bicyclic) bond motifs is 5. The smallest absolute Gasteiger partial charge is 0.233 e. The molecule has 0 radical (unpaired) electrons. The number of imide groups is 1. The number of benzene rings is 2. The third-order valence-electron chi connectivity index (χ3n) is 6.74. The Hall–Kier alpha value is -2.46. The molecule has 0 aromatic heterocycles. The van der Waals surface area contributed by atoms with Gasteiger partial charge in [-0.25, -0.2) is 0 Å².